The van der Waals surface area contributed by atoms with Crippen molar-refractivity contribution in [3.8, 4) is 0 Å². The van der Waals surface area contributed by atoms with Gasteiger partial charge < -0.3 is 10.4 Å². The summed E-state index contributed by atoms with van der Waals surface area (Å²) < 4.78 is 1.71. The second-order valence-corrected chi connectivity index (χ2v) is 3.46. The van der Waals surface area contributed by atoms with E-state index in [1.807, 2.05) is 13.0 Å². The second-order valence-electron chi connectivity index (χ2n) is 3.46. The van der Waals surface area contributed by atoms with Gasteiger partial charge in [0.1, 0.15) is 5.52 Å². The first-order chi connectivity index (χ1) is 7.66. The summed E-state index contributed by atoms with van der Waals surface area (Å²) in [6.07, 6.45) is 3.45. The van der Waals surface area contributed by atoms with Gasteiger partial charge in [-0.2, -0.15) is 5.10 Å². The van der Waals surface area contributed by atoms with Crippen LogP contribution >= 0.6 is 0 Å². The largest absolute Gasteiger partial charge is 0.481 e. The second kappa shape index (κ2) is 4.18. The van der Waals surface area contributed by atoms with Gasteiger partial charge in [0, 0.05) is 18.9 Å². The van der Waals surface area contributed by atoms with Crippen molar-refractivity contribution in [2.75, 3.05) is 11.9 Å². The van der Waals surface area contributed by atoms with Crippen LogP contribution in [-0.2, 0) is 4.79 Å². The number of rotatable bonds is 4. The number of carbonyl (C=O) groups is 1. The van der Waals surface area contributed by atoms with E-state index < -0.39 is 5.97 Å². The van der Waals surface area contributed by atoms with Gasteiger partial charge >= 0.3 is 5.97 Å². The van der Waals surface area contributed by atoms with Gasteiger partial charge in [-0.1, -0.05) is 0 Å². The van der Waals surface area contributed by atoms with Crippen molar-refractivity contribution in [2.45, 2.75) is 13.3 Å². The summed E-state index contributed by atoms with van der Waals surface area (Å²) in [6.45, 7) is 2.25. The average Bonchev–Trinajstić information content (AvgIpc) is 2.58. The summed E-state index contributed by atoms with van der Waals surface area (Å²) in [7, 11) is 0. The van der Waals surface area contributed by atoms with Gasteiger partial charge in [0.25, 0.3) is 0 Å². The van der Waals surface area contributed by atoms with Crippen molar-refractivity contribution in [3.05, 3.63) is 24.2 Å². The third-order valence-electron chi connectivity index (χ3n) is 2.14. The first-order valence-electron chi connectivity index (χ1n) is 4.93. The van der Waals surface area contributed by atoms with Crippen LogP contribution in [0.1, 0.15) is 12.1 Å². The SMILES string of the molecule is Cc1cc2c(NCCC(=O)O)nccn2n1. The molecule has 0 saturated heterocycles. The van der Waals surface area contributed by atoms with E-state index in [1.54, 1.807) is 16.9 Å². The van der Waals surface area contributed by atoms with Crippen molar-refractivity contribution < 1.29 is 9.90 Å². The smallest absolute Gasteiger partial charge is 0.305 e. The highest BCUT2D eigenvalue weighted by molar-refractivity contribution is 5.70. The molecule has 6 heteroatoms. The number of aromatic nitrogens is 3. The molecule has 0 fully saturated rings. The monoisotopic (exact) mass is 220 g/mol. The molecular formula is C10H12N4O2. The van der Waals surface area contributed by atoms with Crippen LogP contribution in [0.25, 0.3) is 5.52 Å². The number of aliphatic carboxylic acids is 1. The molecule has 84 valence electrons. The fourth-order valence-electron chi connectivity index (χ4n) is 1.47. The maximum absolute atomic E-state index is 10.4. The first kappa shape index (κ1) is 10.4. The minimum absolute atomic E-state index is 0.0653. The number of carboxylic acids is 1. The van der Waals surface area contributed by atoms with E-state index in [1.165, 1.54) is 0 Å². The Morgan fingerprint density at radius 1 is 1.62 bits per heavy atom. The Balaban J connectivity index is 2.20. The topological polar surface area (TPSA) is 79.5 Å². The molecule has 0 spiro atoms. The highest BCUT2D eigenvalue weighted by Crippen LogP contribution is 2.14. The lowest BCUT2D eigenvalue weighted by atomic mass is 10.4. The zero-order chi connectivity index (χ0) is 11.5. The lowest BCUT2D eigenvalue weighted by Gasteiger charge is -2.04. The number of hydrogen-bond acceptors (Lipinski definition) is 4. The third kappa shape index (κ3) is 2.10. The fraction of sp³-hybridized carbons (Fsp3) is 0.300. The molecule has 2 aromatic rings. The molecule has 0 aliphatic rings. The van der Waals surface area contributed by atoms with Crippen LogP contribution in [0.4, 0.5) is 5.82 Å². The molecule has 0 aliphatic heterocycles. The molecule has 2 N–H and O–H groups in total. The summed E-state index contributed by atoms with van der Waals surface area (Å²) >= 11 is 0. The van der Waals surface area contributed by atoms with Gasteiger partial charge in [-0.05, 0) is 13.0 Å². The van der Waals surface area contributed by atoms with Crippen molar-refractivity contribution in [1.29, 1.82) is 0 Å². The van der Waals surface area contributed by atoms with Crippen LogP contribution in [0.15, 0.2) is 18.5 Å². The zero-order valence-electron chi connectivity index (χ0n) is 8.84. The number of hydrogen-bond donors (Lipinski definition) is 2. The molecule has 2 aromatic heterocycles. The van der Waals surface area contributed by atoms with Gasteiger partial charge in [-0.15, -0.1) is 0 Å². The van der Waals surface area contributed by atoms with E-state index in [9.17, 15) is 4.79 Å². The van der Waals surface area contributed by atoms with Crippen LogP contribution < -0.4 is 5.32 Å². The number of nitrogens with zero attached hydrogens (tertiary/aromatic N) is 3. The van der Waals surface area contributed by atoms with Crippen molar-refractivity contribution in [2.24, 2.45) is 0 Å². The molecule has 6 nitrogen and oxygen atoms in total. The van der Waals surface area contributed by atoms with Gasteiger partial charge in [0.2, 0.25) is 0 Å². The molecule has 0 aromatic carbocycles. The molecule has 0 bridgehead atoms. The van der Waals surface area contributed by atoms with E-state index in [2.05, 4.69) is 15.4 Å². The van der Waals surface area contributed by atoms with E-state index in [0.29, 0.717) is 12.4 Å². The Labute approximate surface area is 91.9 Å². The lowest BCUT2D eigenvalue weighted by Crippen LogP contribution is -2.09. The lowest BCUT2D eigenvalue weighted by molar-refractivity contribution is -0.136. The van der Waals surface area contributed by atoms with Gasteiger partial charge in [-0.25, -0.2) is 9.50 Å². The van der Waals surface area contributed by atoms with Gasteiger partial charge in [0.05, 0.1) is 12.1 Å². The fourth-order valence-corrected chi connectivity index (χ4v) is 1.47. The summed E-state index contributed by atoms with van der Waals surface area (Å²) in [5, 5.41) is 15.7. The normalized spacial score (nSPS) is 10.6. The Morgan fingerprint density at radius 3 is 3.19 bits per heavy atom. The number of nitrogens with one attached hydrogen (secondary N) is 1. The molecule has 0 radical (unpaired) electrons. The number of anilines is 1. The number of aryl methyl sites for hydroxylation is 1. The Kier molecular flexibility index (Phi) is 2.72. The van der Waals surface area contributed by atoms with Crippen LogP contribution in [-0.4, -0.2) is 32.2 Å². The maximum atomic E-state index is 10.4. The molecule has 0 aliphatic carbocycles. The van der Waals surface area contributed by atoms with Crippen LogP contribution in [0, 0.1) is 6.92 Å². The van der Waals surface area contributed by atoms with Gasteiger partial charge in [0.15, 0.2) is 5.82 Å². The Hall–Kier alpha value is -2.11. The molecule has 0 atom stereocenters. The van der Waals surface area contributed by atoms with E-state index >= 15 is 0 Å². The molecular weight excluding hydrogens is 208 g/mol. The first-order valence-corrected chi connectivity index (χ1v) is 4.93. The predicted octanol–water partition coefficient (Wildman–Crippen LogP) is 0.924. The summed E-state index contributed by atoms with van der Waals surface area (Å²) in [6, 6.07) is 1.90. The quantitative estimate of drug-likeness (QED) is 0.801. The molecule has 0 amide bonds. The maximum Gasteiger partial charge on any atom is 0.305 e. The van der Waals surface area contributed by atoms with E-state index in [-0.39, 0.29) is 6.42 Å². The average molecular weight is 220 g/mol. The van der Waals surface area contributed by atoms with E-state index in [0.717, 1.165) is 11.2 Å². The molecule has 2 rings (SSSR count). The molecule has 0 saturated carbocycles. The molecule has 0 unspecified atom stereocenters. The summed E-state index contributed by atoms with van der Waals surface area (Å²) in [5.41, 5.74) is 1.75. The van der Waals surface area contributed by atoms with Gasteiger partial charge in [-0.3, -0.25) is 4.79 Å². The standard InChI is InChI=1S/C10H12N4O2/c1-7-6-8-10(11-3-2-9(15)16)12-4-5-14(8)13-7/h4-6H,2-3H2,1H3,(H,11,12)(H,15,16). The number of carboxylic acid groups (broad SMARTS) is 1. The highest BCUT2D eigenvalue weighted by Gasteiger charge is 2.05. The molecule has 2 heterocycles. The van der Waals surface area contributed by atoms with Crippen molar-refractivity contribution in [3.63, 3.8) is 0 Å². The van der Waals surface area contributed by atoms with Crippen molar-refractivity contribution in [1.82, 2.24) is 14.6 Å². The Morgan fingerprint density at radius 2 is 2.44 bits per heavy atom. The highest BCUT2D eigenvalue weighted by atomic mass is 16.4. The minimum atomic E-state index is -0.830. The van der Waals surface area contributed by atoms with Crippen LogP contribution in [0.5, 0.6) is 0 Å². The Bertz CT molecular complexity index is 521. The van der Waals surface area contributed by atoms with E-state index in [4.69, 9.17) is 5.11 Å². The summed E-state index contributed by atoms with van der Waals surface area (Å²) in [5.74, 6) is -0.173. The van der Waals surface area contributed by atoms with Crippen LogP contribution in [0.3, 0.4) is 0 Å². The van der Waals surface area contributed by atoms with Crippen LogP contribution in [0.2, 0.25) is 0 Å². The molecule has 16 heavy (non-hydrogen) atoms. The van der Waals surface area contributed by atoms with Crippen molar-refractivity contribution >= 4 is 17.3 Å². The third-order valence-corrected chi connectivity index (χ3v) is 2.14. The zero-order valence-corrected chi connectivity index (χ0v) is 8.84. The minimum Gasteiger partial charge on any atom is -0.481 e. The summed E-state index contributed by atoms with van der Waals surface area (Å²) in [4.78, 5) is 14.5. The number of fused-ring (bicyclic) bond motifs is 1. The predicted molar refractivity (Wildman–Crippen MR) is 58.5 cm³/mol.